The van der Waals surface area contributed by atoms with E-state index in [0.29, 0.717) is 11.4 Å². The smallest absolute Gasteiger partial charge is 0.265 e. The zero-order valence-electron chi connectivity index (χ0n) is 14.7. The van der Waals surface area contributed by atoms with Gasteiger partial charge in [-0.3, -0.25) is 9.59 Å². The third-order valence-electron chi connectivity index (χ3n) is 4.40. The number of aryl methyl sites for hydroxylation is 3. The molecule has 0 aliphatic carbocycles. The second-order valence-electron chi connectivity index (χ2n) is 6.31. The van der Waals surface area contributed by atoms with Crippen LogP contribution in [-0.4, -0.2) is 45.8 Å². The van der Waals surface area contributed by atoms with Gasteiger partial charge >= 0.3 is 0 Å². The topological polar surface area (TPSA) is 75.2 Å². The second-order valence-corrected chi connectivity index (χ2v) is 8.37. The Morgan fingerprint density at radius 1 is 1.16 bits per heavy atom. The van der Waals surface area contributed by atoms with Crippen LogP contribution in [0.2, 0.25) is 0 Å². The number of carbonyl (C=O) groups is 2. The number of rotatable bonds is 3. The molecule has 0 bridgehead atoms. The molecular formula is C17H22N4O2S2. The van der Waals surface area contributed by atoms with Gasteiger partial charge in [-0.15, -0.1) is 22.7 Å². The normalized spacial score (nSPS) is 18.0. The van der Waals surface area contributed by atoms with Crippen molar-refractivity contribution in [2.24, 2.45) is 0 Å². The van der Waals surface area contributed by atoms with Crippen molar-refractivity contribution in [1.29, 1.82) is 0 Å². The van der Waals surface area contributed by atoms with Crippen molar-refractivity contribution >= 4 is 34.5 Å². The first-order valence-corrected chi connectivity index (χ1v) is 10.1. The Hall–Kier alpha value is -1.80. The lowest BCUT2D eigenvalue weighted by Crippen LogP contribution is -2.36. The standard InChI is InChI=1S/C17H22N4O2S2/c1-10-14(24-9-18-10)16(22)20-13-5-4-7-21(8-6-13)17(23)15-11(2)19-12(3)25-15/h9,13H,4-8H2,1-3H3,(H,20,22). The van der Waals surface area contributed by atoms with E-state index in [2.05, 4.69) is 15.3 Å². The molecule has 8 heteroatoms. The molecule has 1 unspecified atom stereocenters. The van der Waals surface area contributed by atoms with Crippen LogP contribution in [0.25, 0.3) is 0 Å². The van der Waals surface area contributed by atoms with Gasteiger partial charge in [0.15, 0.2) is 0 Å². The summed E-state index contributed by atoms with van der Waals surface area (Å²) in [5.74, 6) is 0.00656. The van der Waals surface area contributed by atoms with E-state index in [-0.39, 0.29) is 17.9 Å². The molecule has 1 saturated heterocycles. The van der Waals surface area contributed by atoms with E-state index in [0.717, 1.165) is 47.1 Å². The maximum absolute atomic E-state index is 12.7. The third kappa shape index (κ3) is 4.07. The van der Waals surface area contributed by atoms with Crippen LogP contribution in [0.4, 0.5) is 0 Å². The van der Waals surface area contributed by atoms with Gasteiger partial charge in [0.2, 0.25) is 0 Å². The molecule has 0 aromatic carbocycles. The molecule has 134 valence electrons. The zero-order valence-corrected chi connectivity index (χ0v) is 16.3. The zero-order chi connectivity index (χ0) is 18.0. The Morgan fingerprint density at radius 2 is 1.96 bits per heavy atom. The summed E-state index contributed by atoms with van der Waals surface area (Å²) >= 11 is 2.82. The lowest BCUT2D eigenvalue weighted by atomic mass is 10.1. The summed E-state index contributed by atoms with van der Waals surface area (Å²) < 4.78 is 0. The van der Waals surface area contributed by atoms with Gasteiger partial charge in [0, 0.05) is 19.1 Å². The van der Waals surface area contributed by atoms with E-state index in [1.54, 1.807) is 5.51 Å². The highest BCUT2D eigenvalue weighted by Gasteiger charge is 2.25. The van der Waals surface area contributed by atoms with Crippen LogP contribution in [0.15, 0.2) is 5.51 Å². The van der Waals surface area contributed by atoms with Crippen LogP contribution >= 0.6 is 22.7 Å². The van der Waals surface area contributed by atoms with Crippen molar-refractivity contribution < 1.29 is 9.59 Å². The van der Waals surface area contributed by atoms with Crippen LogP contribution in [-0.2, 0) is 0 Å². The minimum absolute atomic E-state index is 0.0568. The lowest BCUT2D eigenvalue weighted by molar-refractivity contribution is 0.0764. The van der Waals surface area contributed by atoms with Crippen LogP contribution in [0.3, 0.4) is 0 Å². The second kappa shape index (κ2) is 7.61. The summed E-state index contributed by atoms with van der Waals surface area (Å²) in [4.78, 5) is 36.9. The molecule has 2 aromatic rings. The molecule has 2 aromatic heterocycles. The molecule has 3 rings (SSSR count). The minimum Gasteiger partial charge on any atom is -0.348 e. The quantitative estimate of drug-likeness (QED) is 0.891. The number of aromatic nitrogens is 2. The summed E-state index contributed by atoms with van der Waals surface area (Å²) in [5.41, 5.74) is 3.27. The highest BCUT2D eigenvalue weighted by atomic mass is 32.1. The van der Waals surface area contributed by atoms with Crippen LogP contribution in [0.5, 0.6) is 0 Å². The van der Waals surface area contributed by atoms with Gasteiger partial charge in [-0.1, -0.05) is 0 Å². The van der Waals surface area contributed by atoms with Crippen LogP contribution < -0.4 is 5.32 Å². The predicted octanol–water partition coefficient (Wildman–Crippen LogP) is 2.95. The van der Waals surface area contributed by atoms with Gasteiger partial charge in [0.25, 0.3) is 11.8 Å². The molecule has 0 spiro atoms. The first kappa shape index (κ1) is 18.0. The number of amides is 2. The highest BCUT2D eigenvalue weighted by molar-refractivity contribution is 7.13. The fraction of sp³-hybridized carbons (Fsp3) is 0.529. The number of hydrogen-bond acceptors (Lipinski definition) is 6. The number of hydrogen-bond donors (Lipinski definition) is 1. The number of nitrogens with one attached hydrogen (secondary N) is 1. The Morgan fingerprint density at radius 3 is 2.60 bits per heavy atom. The average Bonchev–Trinajstić information content (AvgIpc) is 3.05. The van der Waals surface area contributed by atoms with Gasteiger partial charge in [0.05, 0.1) is 21.9 Å². The number of likely N-dealkylation sites (tertiary alicyclic amines) is 1. The van der Waals surface area contributed by atoms with E-state index in [9.17, 15) is 9.59 Å². The van der Waals surface area contributed by atoms with Gasteiger partial charge < -0.3 is 10.2 Å². The Bertz CT molecular complexity index is 783. The molecule has 3 heterocycles. The number of thiazole rings is 2. The Balaban J connectivity index is 1.61. The minimum atomic E-state index is -0.0568. The van der Waals surface area contributed by atoms with E-state index in [1.165, 1.54) is 22.7 Å². The monoisotopic (exact) mass is 378 g/mol. The van der Waals surface area contributed by atoms with Crippen molar-refractivity contribution in [3.63, 3.8) is 0 Å². The SMILES string of the molecule is Cc1nc(C)c(C(=O)N2CCCC(NC(=O)c3scnc3C)CC2)s1. The van der Waals surface area contributed by atoms with Crippen LogP contribution in [0.1, 0.15) is 55.0 Å². The van der Waals surface area contributed by atoms with Gasteiger partial charge in [-0.25, -0.2) is 9.97 Å². The fourth-order valence-electron chi connectivity index (χ4n) is 3.09. The first-order valence-electron chi connectivity index (χ1n) is 8.40. The maximum atomic E-state index is 12.7. The van der Waals surface area contributed by atoms with Gasteiger partial charge in [0.1, 0.15) is 9.75 Å². The molecule has 1 fully saturated rings. The maximum Gasteiger partial charge on any atom is 0.265 e. The largest absolute Gasteiger partial charge is 0.348 e. The third-order valence-corrected chi connectivity index (χ3v) is 6.39. The molecule has 1 aliphatic rings. The van der Waals surface area contributed by atoms with E-state index in [1.807, 2.05) is 25.7 Å². The average molecular weight is 379 g/mol. The Kier molecular flexibility index (Phi) is 5.48. The summed E-state index contributed by atoms with van der Waals surface area (Å²) in [6.45, 7) is 7.03. The van der Waals surface area contributed by atoms with Crippen molar-refractivity contribution in [2.75, 3.05) is 13.1 Å². The lowest BCUT2D eigenvalue weighted by Gasteiger charge is -2.20. The molecule has 2 amide bonds. The molecule has 0 radical (unpaired) electrons. The molecule has 0 saturated carbocycles. The van der Waals surface area contributed by atoms with Gasteiger partial charge in [-0.2, -0.15) is 0 Å². The number of carbonyl (C=O) groups excluding carboxylic acids is 2. The molecule has 1 N–H and O–H groups in total. The highest BCUT2D eigenvalue weighted by Crippen LogP contribution is 2.22. The van der Waals surface area contributed by atoms with Gasteiger partial charge in [-0.05, 0) is 40.0 Å². The summed E-state index contributed by atoms with van der Waals surface area (Å²) in [6, 6.07) is 0.0936. The number of nitrogens with zero attached hydrogens (tertiary/aromatic N) is 3. The van der Waals surface area contributed by atoms with E-state index in [4.69, 9.17) is 0 Å². The first-order chi connectivity index (χ1) is 12.0. The summed E-state index contributed by atoms with van der Waals surface area (Å²) in [5, 5.41) is 4.02. The predicted molar refractivity (Wildman–Crippen MR) is 99.4 cm³/mol. The molecule has 25 heavy (non-hydrogen) atoms. The van der Waals surface area contributed by atoms with Crippen molar-refractivity contribution in [2.45, 2.75) is 46.1 Å². The Labute approximate surface area is 155 Å². The van der Waals surface area contributed by atoms with Crippen molar-refractivity contribution in [3.8, 4) is 0 Å². The summed E-state index contributed by atoms with van der Waals surface area (Å²) in [7, 11) is 0. The molecule has 1 aliphatic heterocycles. The van der Waals surface area contributed by atoms with Crippen molar-refractivity contribution in [1.82, 2.24) is 20.2 Å². The molecule has 1 atom stereocenters. The summed E-state index contributed by atoms with van der Waals surface area (Å²) in [6.07, 6.45) is 2.54. The molecule has 6 nitrogen and oxygen atoms in total. The fourth-order valence-corrected chi connectivity index (χ4v) is 4.68. The van der Waals surface area contributed by atoms with E-state index >= 15 is 0 Å². The van der Waals surface area contributed by atoms with E-state index < -0.39 is 0 Å². The van der Waals surface area contributed by atoms with Crippen LogP contribution in [0, 0.1) is 20.8 Å². The van der Waals surface area contributed by atoms with Crippen molar-refractivity contribution in [3.05, 3.63) is 31.7 Å². The molecular weight excluding hydrogens is 356 g/mol.